The van der Waals surface area contributed by atoms with E-state index in [4.69, 9.17) is 57.8 Å². The van der Waals surface area contributed by atoms with Crippen LogP contribution in [-0.2, 0) is 50.2 Å². The lowest BCUT2D eigenvalue weighted by atomic mass is 9.86. The number of amides is 4. The third-order valence-corrected chi connectivity index (χ3v) is 22.2. The molecule has 20 bridgehead atoms. The smallest absolute Gasteiger partial charge is 0.408 e. The van der Waals surface area contributed by atoms with Gasteiger partial charge in [-0.15, -0.1) is 0 Å². The van der Waals surface area contributed by atoms with E-state index in [-0.39, 0.29) is 74.4 Å². The van der Waals surface area contributed by atoms with Gasteiger partial charge in [0.15, 0.2) is 23.0 Å². The molecular formula is C104H116N12O12. The van der Waals surface area contributed by atoms with Crippen molar-refractivity contribution in [2.45, 2.75) is 170 Å². The van der Waals surface area contributed by atoms with Crippen LogP contribution >= 0.6 is 0 Å². The summed E-state index contributed by atoms with van der Waals surface area (Å²) in [5, 5.41) is 12.0. The van der Waals surface area contributed by atoms with E-state index in [1.165, 1.54) is 0 Å². The maximum atomic E-state index is 14.2. The van der Waals surface area contributed by atoms with Crippen molar-refractivity contribution in [1.29, 1.82) is 0 Å². The van der Waals surface area contributed by atoms with E-state index in [0.717, 1.165) is 77.8 Å². The summed E-state index contributed by atoms with van der Waals surface area (Å²) in [5.74, 6) is 0.631. The van der Waals surface area contributed by atoms with Crippen LogP contribution in [0.15, 0.2) is 146 Å². The number of ether oxygens (including phenoxy) is 8. The van der Waals surface area contributed by atoms with Gasteiger partial charge in [0.1, 0.15) is 73.6 Å². The average molecular weight is 1730 g/mol. The number of hydrogen-bond donors (Lipinski definition) is 8. The Bertz CT molecular complexity index is 5980. The first kappa shape index (κ1) is 89.5. The minimum Gasteiger partial charge on any atom is -0.487 e. The van der Waals surface area contributed by atoms with Crippen LogP contribution in [0.3, 0.4) is 0 Å². The van der Waals surface area contributed by atoms with E-state index in [0.29, 0.717) is 102 Å². The number of carbonyl (C=O) groups is 4. The Morgan fingerprint density at radius 1 is 0.312 bits per heavy atom. The molecule has 5 aliphatic rings. The summed E-state index contributed by atoms with van der Waals surface area (Å²) in [6, 6.07) is 47.7. The Morgan fingerprint density at radius 2 is 0.547 bits per heavy atom. The highest BCUT2D eigenvalue weighted by Gasteiger charge is 2.30. The zero-order chi connectivity index (χ0) is 90.8. The normalized spacial score (nSPS) is 16.0. The van der Waals surface area contributed by atoms with Crippen molar-refractivity contribution in [3.05, 3.63) is 213 Å². The largest absolute Gasteiger partial charge is 0.487 e. The Hall–Kier alpha value is -13.3. The fraction of sp³-hybridized carbons (Fsp3) is 0.346. The third-order valence-electron chi connectivity index (χ3n) is 22.2. The molecule has 24 nitrogen and oxygen atoms in total. The van der Waals surface area contributed by atoms with Crippen molar-refractivity contribution in [2.24, 2.45) is 0 Å². The number of alkyl carbamates (subject to hydrolysis) is 2. The van der Waals surface area contributed by atoms with Crippen LogP contribution in [-0.4, -0.2) is 153 Å². The molecule has 0 saturated heterocycles. The Morgan fingerprint density at radius 3 is 0.789 bits per heavy atom. The number of rotatable bonds is 6. The molecule has 0 aliphatic carbocycles. The van der Waals surface area contributed by atoms with Gasteiger partial charge in [0.2, 0.25) is 11.8 Å². The summed E-state index contributed by atoms with van der Waals surface area (Å²) in [7, 11) is 0. The third kappa shape index (κ3) is 21.3. The van der Waals surface area contributed by atoms with Crippen LogP contribution in [0.25, 0.3) is 137 Å². The first-order valence-corrected chi connectivity index (χ1v) is 43.7. The molecule has 0 fully saturated rings. The van der Waals surface area contributed by atoms with Crippen LogP contribution in [0.2, 0.25) is 0 Å². The molecule has 5 aliphatic heterocycles. The number of aromatic amines is 4. The van der Waals surface area contributed by atoms with Gasteiger partial charge in [-0.2, -0.15) is 0 Å². The molecule has 0 saturated carbocycles. The number of aromatic nitrogens is 8. The molecule has 664 valence electrons. The molecule has 10 aromatic rings. The number of benzene rings is 4. The van der Waals surface area contributed by atoms with Gasteiger partial charge >= 0.3 is 12.2 Å². The van der Waals surface area contributed by atoms with E-state index in [1.54, 1.807) is 41.5 Å². The van der Waals surface area contributed by atoms with Gasteiger partial charge in [-0.25, -0.2) is 29.5 Å². The van der Waals surface area contributed by atoms with Gasteiger partial charge in [0, 0.05) is 44.3 Å². The molecule has 128 heavy (non-hydrogen) atoms. The molecule has 15 rings (SSSR count). The molecule has 4 amide bonds. The number of H-pyrrole nitrogens is 4. The predicted molar refractivity (Wildman–Crippen MR) is 510 cm³/mol. The number of hydrogen-bond acceptors (Lipinski definition) is 16. The molecule has 0 spiro atoms. The predicted octanol–water partition coefficient (Wildman–Crippen LogP) is 20.8. The van der Waals surface area contributed by atoms with E-state index in [1.807, 2.05) is 97.1 Å². The highest BCUT2D eigenvalue weighted by atomic mass is 16.6. The van der Waals surface area contributed by atoms with Gasteiger partial charge in [-0.05, 0) is 205 Å². The number of carbonyl (C=O) groups excluding carboxylic acids is 4. The van der Waals surface area contributed by atoms with Crippen molar-refractivity contribution in [2.75, 3.05) is 65.9 Å². The molecule has 11 heterocycles. The first-order chi connectivity index (χ1) is 60.8. The standard InChI is InChI=1S/C104H116N12O12/c1-99(2,3)65-27-19-61(20-28-65)89-71-35-43-79(109-71)93-81-45-37-73(111-81)90(62-21-29-66(30-22-62)100(4,5)6)74-38-46-82(112-74)94(80-44-36-72(89)110-80)124-54-52-106-88(118)60-122-56-70(108-98(120)128-104(16,17)18)58-126-96-84-48-40-76(114-84)91(63-23-31-67(32-24-63)101(7,8)9)75-39-47-83(113-75)95(125-57-69(107-97(119)127-103(13,14)15)55-121-59-87(117)105-51-53-123-93)85-49-41-77(115-85)92(78-42-50-86(96)116-78)64-25-33-68(34-26-64)102(10,11)12/h19-50,69-70,109,112-113,116H,51-60H2,1-18H3,(H,105,117)(H,106,118)(H,107,119)(H,108,120)/t69-,70-/m0/s1. The first-order valence-electron chi connectivity index (χ1n) is 43.7. The molecule has 24 heteroatoms. The molecular weight excluding hydrogens is 1610 g/mol. The highest BCUT2D eigenvalue weighted by Crippen LogP contribution is 2.43. The van der Waals surface area contributed by atoms with Gasteiger partial charge in [0.05, 0.1) is 83.2 Å². The second kappa shape index (κ2) is 36.6. The molecule has 8 N–H and O–H groups in total. The van der Waals surface area contributed by atoms with Crippen LogP contribution in [0.5, 0.6) is 23.0 Å². The van der Waals surface area contributed by atoms with E-state index >= 15 is 0 Å². The van der Waals surface area contributed by atoms with Crippen LogP contribution in [0.1, 0.15) is 192 Å². The summed E-state index contributed by atoms with van der Waals surface area (Å²) in [6.45, 7) is 35.4. The SMILES string of the molecule is CC(C)(C)OC(=O)N[C@H]1COCC(=O)NCCOc2c3nc(c(-c4ccc(C(C)(C)C)cc4)c4ccc([nH]4)c(c4nc(c(-c5ccc(C(C)(C)C)cc5)c5ccc2[nH]5)C=C4)OCCNC(=O)COC[C@H](NC(=O)OC(C)(C)C)COc2c4nc(c(-c5ccc(C(C)(C)C)cc5)c5ccc([nH]5)c(c5nc(c(-c6ccc(C(C)(C)C)cc6)c6ccc2[nH]6)C=C5)OC1)C=C4)C=C3. The molecule has 2 atom stereocenters. The molecule has 0 radical (unpaired) electrons. The van der Waals surface area contributed by atoms with Crippen molar-refractivity contribution in [3.63, 3.8) is 0 Å². The molecule has 4 aromatic carbocycles. The Labute approximate surface area is 747 Å². The van der Waals surface area contributed by atoms with E-state index < -0.39 is 60.5 Å². The highest BCUT2D eigenvalue weighted by molar-refractivity contribution is 5.98. The van der Waals surface area contributed by atoms with Crippen LogP contribution in [0, 0.1) is 0 Å². The minimum atomic E-state index is -0.909. The minimum absolute atomic E-state index is 0.0101. The quantitative estimate of drug-likeness (QED) is 0.0767. The summed E-state index contributed by atoms with van der Waals surface area (Å²) in [4.78, 5) is 93.1. The van der Waals surface area contributed by atoms with Crippen molar-refractivity contribution in [1.82, 2.24) is 61.1 Å². The van der Waals surface area contributed by atoms with E-state index in [9.17, 15) is 19.2 Å². The van der Waals surface area contributed by atoms with Gasteiger partial charge in [-0.3, -0.25) is 9.59 Å². The fourth-order valence-corrected chi connectivity index (χ4v) is 15.6. The van der Waals surface area contributed by atoms with Crippen molar-refractivity contribution in [3.8, 4) is 67.5 Å². The van der Waals surface area contributed by atoms with Gasteiger partial charge < -0.3 is 79.1 Å². The lowest BCUT2D eigenvalue weighted by molar-refractivity contribution is -0.126. The Balaban J connectivity index is 0.867. The van der Waals surface area contributed by atoms with Gasteiger partial charge in [-0.1, -0.05) is 180 Å². The van der Waals surface area contributed by atoms with Crippen LogP contribution < -0.4 is 40.2 Å². The molecule has 0 unspecified atom stereocenters. The summed E-state index contributed by atoms with van der Waals surface area (Å²) < 4.78 is 52.2. The van der Waals surface area contributed by atoms with E-state index in [2.05, 4.69) is 221 Å². The summed E-state index contributed by atoms with van der Waals surface area (Å²) in [6.07, 6.45) is 14.0. The average Bonchev–Trinajstić information content (AvgIpc) is 1.62. The lowest BCUT2D eigenvalue weighted by Crippen LogP contribution is -2.45. The zero-order valence-electron chi connectivity index (χ0n) is 76.4. The van der Waals surface area contributed by atoms with Crippen molar-refractivity contribution >= 4 is 117 Å². The van der Waals surface area contributed by atoms with Gasteiger partial charge in [0.25, 0.3) is 0 Å². The number of nitrogens with zero attached hydrogens (tertiary/aromatic N) is 4. The maximum absolute atomic E-state index is 14.2. The van der Waals surface area contributed by atoms with Crippen LogP contribution in [0.4, 0.5) is 9.59 Å². The zero-order valence-corrected chi connectivity index (χ0v) is 76.4. The lowest BCUT2D eigenvalue weighted by Gasteiger charge is -2.24. The topological polar surface area (TPSA) is 305 Å². The van der Waals surface area contributed by atoms with Crippen molar-refractivity contribution < 1.29 is 57.1 Å². The second-order valence-corrected chi connectivity index (χ2v) is 38.9. The monoisotopic (exact) mass is 1720 g/mol. The summed E-state index contributed by atoms with van der Waals surface area (Å²) in [5.41, 5.74) is 18.2. The molecule has 6 aromatic heterocycles. The second-order valence-electron chi connectivity index (χ2n) is 38.9. The Kier molecular flexibility index (Phi) is 25.6. The number of fused-ring (bicyclic) bond motifs is 12. The number of nitrogens with one attached hydrogen (secondary N) is 8. The maximum Gasteiger partial charge on any atom is 0.408 e. The fourth-order valence-electron chi connectivity index (χ4n) is 15.6. The summed E-state index contributed by atoms with van der Waals surface area (Å²) >= 11 is 0.